The summed E-state index contributed by atoms with van der Waals surface area (Å²) in [6, 6.07) is 5.90. The highest BCUT2D eigenvalue weighted by Gasteiger charge is 2.61. The molecule has 5 atom stereocenters. The fourth-order valence-electron chi connectivity index (χ4n) is 5.76. The Morgan fingerprint density at radius 3 is 2.83 bits per heavy atom. The van der Waals surface area contributed by atoms with Gasteiger partial charge >= 0.3 is 0 Å². The number of benzene rings is 1. The van der Waals surface area contributed by atoms with Crippen LogP contribution in [0, 0.1) is 29.6 Å². The number of hydrogen-bond donors (Lipinski definition) is 1. The number of aliphatic hydroxyl groups is 1. The first-order chi connectivity index (χ1) is 11.4. The van der Waals surface area contributed by atoms with Gasteiger partial charge in [0.15, 0.2) is 5.78 Å². The number of hydrogen-bond acceptors (Lipinski definition) is 3. The quantitative estimate of drug-likeness (QED) is 0.804. The average Bonchev–Trinajstić information content (AvgIpc) is 2.87. The number of methoxy groups -OCH3 is 1. The van der Waals surface area contributed by atoms with Crippen molar-refractivity contribution in [3.63, 3.8) is 0 Å². The highest BCUT2D eigenvalue weighted by molar-refractivity contribution is 5.99. The molecule has 24 heavy (non-hydrogen) atoms. The van der Waals surface area contributed by atoms with E-state index in [0.717, 1.165) is 36.1 Å². The fourth-order valence-corrected chi connectivity index (χ4v) is 5.76. The van der Waals surface area contributed by atoms with E-state index < -0.39 is 5.60 Å². The second-order valence-electron chi connectivity index (χ2n) is 7.96. The predicted octanol–water partition coefficient (Wildman–Crippen LogP) is 3.56. The van der Waals surface area contributed by atoms with Crippen LogP contribution in [-0.2, 0) is 0 Å². The second kappa shape index (κ2) is 5.10. The third-order valence-electron chi connectivity index (χ3n) is 7.21. The van der Waals surface area contributed by atoms with Crippen molar-refractivity contribution < 1.29 is 14.6 Å². The molecule has 3 heteroatoms. The van der Waals surface area contributed by atoms with Gasteiger partial charge in [-0.1, -0.05) is 18.9 Å². The van der Waals surface area contributed by atoms with Crippen LogP contribution >= 0.6 is 0 Å². The van der Waals surface area contributed by atoms with E-state index in [9.17, 15) is 9.90 Å². The zero-order valence-electron chi connectivity index (χ0n) is 14.3. The smallest absolute Gasteiger partial charge is 0.163 e. The van der Waals surface area contributed by atoms with E-state index in [4.69, 9.17) is 11.2 Å². The molecule has 3 aliphatic carbocycles. The first kappa shape index (κ1) is 15.7. The first-order valence-corrected chi connectivity index (χ1v) is 8.85. The Kier molecular flexibility index (Phi) is 3.34. The van der Waals surface area contributed by atoms with Gasteiger partial charge in [0, 0.05) is 17.4 Å². The summed E-state index contributed by atoms with van der Waals surface area (Å²) in [5, 5.41) is 10.9. The van der Waals surface area contributed by atoms with Gasteiger partial charge in [-0.05, 0) is 61.1 Å². The molecule has 0 spiro atoms. The maximum Gasteiger partial charge on any atom is 0.163 e. The maximum absolute atomic E-state index is 12.8. The average molecular weight is 324 g/mol. The SMILES string of the molecule is C#C[C@]1(O)CC[C@H]2[C@@H]3CC(=O)c4cc(OC)ccc4[C@H]3CC[C@@]21C. The van der Waals surface area contributed by atoms with Crippen LogP contribution in [0.3, 0.4) is 0 Å². The molecule has 0 bridgehead atoms. The van der Waals surface area contributed by atoms with Crippen molar-refractivity contribution in [2.75, 3.05) is 7.11 Å². The largest absolute Gasteiger partial charge is 0.497 e. The van der Waals surface area contributed by atoms with Crippen molar-refractivity contribution in [2.24, 2.45) is 17.3 Å². The lowest BCUT2D eigenvalue weighted by Gasteiger charge is -2.51. The van der Waals surface area contributed by atoms with Crippen LogP contribution in [0.25, 0.3) is 0 Å². The highest BCUT2D eigenvalue weighted by atomic mass is 16.5. The summed E-state index contributed by atoms with van der Waals surface area (Å²) < 4.78 is 5.28. The van der Waals surface area contributed by atoms with Crippen LogP contribution in [0.2, 0.25) is 0 Å². The van der Waals surface area contributed by atoms with Gasteiger partial charge in [-0.2, -0.15) is 0 Å². The number of fused-ring (bicyclic) bond motifs is 5. The van der Waals surface area contributed by atoms with E-state index in [1.165, 1.54) is 0 Å². The van der Waals surface area contributed by atoms with Gasteiger partial charge in [0.05, 0.1) is 7.11 Å². The topological polar surface area (TPSA) is 46.5 Å². The molecule has 3 aliphatic rings. The summed E-state index contributed by atoms with van der Waals surface area (Å²) in [7, 11) is 1.63. The minimum atomic E-state index is -1.02. The van der Waals surface area contributed by atoms with Crippen molar-refractivity contribution in [2.45, 2.75) is 50.5 Å². The van der Waals surface area contributed by atoms with Crippen LogP contribution < -0.4 is 4.74 Å². The van der Waals surface area contributed by atoms with Crippen LogP contribution in [0.1, 0.15) is 60.9 Å². The number of ether oxygens (including phenoxy) is 1. The molecule has 1 aromatic carbocycles. The lowest BCUT2D eigenvalue weighted by Crippen LogP contribution is -2.50. The molecule has 0 unspecified atom stereocenters. The number of terminal acetylenes is 1. The predicted molar refractivity (Wildman–Crippen MR) is 92.0 cm³/mol. The van der Waals surface area contributed by atoms with E-state index in [0.29, 0.717) is 30.6 Å². The molecule has 0 amide bonds. The molecule has 0 heterocycles. The maximum atomic E-state index is 12.8. The van der Waals surface area contributed by atoms with Crippen LogP contribution in [0.5, 0.6) is 5.75 Å². The summed E-state index contributed by atoms with van der Waals surface area (Å²) >= 11 is 0. The molecular weight excluding hydrogens is 300 g/mol. The van der Waals surface area contributed by atoms with Crippen LogP contribution in [-0.4, -0.2) is 23.6 Å². The van der Waals surface area contributed by atoms with Gasteiger partial charge in [0.2, 0.25) is 0 Å². The zero-order chi connectivity index (χ0) is 17.1. The Morgan fingerprint density at radius 2 is 2.12 bits per heavy atom. The van der Waals surface area contributed by atoms with Crippen molar-refractivity contribution in [3.05, 3.63) is 29.3 Å². The Morgan fingerprint density at radius 1 is 1.33 bits per heavy atom. The fraction of sp³-hybridized carbons (Fsp3) is 0.571. The lowest BCUT2D eigenvalue weighted by molar-refractivity contribution is -0.0629. The van der Waals surface area contributed by atoms with Gasteiger partial charge in [-0.25, -0.2) is 0 Å². The van der Waals surface area contributed by atoms with E-state index >= 15 is 0 Å². The molecule has 1 aromatic rings. The zero-order valence-corrected chi connectivity index (χ0v) is 14.3. The van der Waals surface area contributed by atoms with Crippen molar-refractivity contribution in [3.8, 4) is 18.1 Å². The van der Waals surface area contributed by atoms with E-state index in [1.807, 2.05) is 12.1 Å². The number of Topliss-reactive ketones (excluding diaryl/α,β-unsaturated/α-hetero) is 1. The minimum Gasteiger partial charge on any atom is -0.497 e. The lowest BCUT2D eigenvalue weighted by atomic mass is 9.53. The summed E-state index contributed by atoms with van der Waals surface area (Å²) in [5.74, 6) is 4.61. The highest BCUT2D eigenvalue weighted by Crippen LogP contribution is 2.64. The number of rotatable bonds is 1. The molecule has 0 radical (unpaired) electrons. The molecule has 2 fully saturated rings. The standard InChI is InChI=1S/C21H24O3/c1-4-21(23)10-8-18-16-12-19(22)17-11-13(24-3)5-6-14(17)15(16)7-9-20(18,21)2/h1,5-6,11,15-16,18,23H,7-10,12H2,2-3H3/t15-,16-,18+,20+,21+/m1/s1. The van der Waals surface area contributed by atoms with Gasteiger partial charge < -0.3 is 9.84 Å². The molecule has 2 saturated carbocycles. The molecule has 1 N–H and O–H groups in total. The summed E-state index contributed by atoms with van der Waals surface area (Å²) in [4.78, 5) is 12.8. The molecule has 126 valence electrons. The van der Waals surface area contributed by atoms with E-state index in [1.54, 1.807) is 7.11 Å². The van der Waals surface area contributed by atoms with Crippen molar-refractivity contribution >= 4 is 5.78 Å². The van der Waals surface area contributed by atoms with E-state index in [2.05, 4.69) is 18.9 Å². The van der Waals surface area contributed by atoms with Crippen LogP contribution in [0.15, 0.2) is 18.2 Å². The van der Waals surface area contributed by atoms with Gasteiger partial charge in [-0.3, -0.25) is 4.79 Å². The number of carbonyl (C=O) groups is 1. The molecular formula is C21H24O3. The third kappa shape index (κ3) is 1.87. The normalized spacial score (nSPS) is 40.2. The van der Waals surface area contributed by atoms with Gasteiger partial charge in [0.25, 0.3) is 0 Å². The van der Waals surface area contributed by atoms with Crippen LogP contribution in [0.4, 0.5) is 0 Å². The van der Waals surface area contributed by atoms with Gasteiger partial charge in [-0.15, -0.1) is 6.42 Å². The molecule has 0 saturated heterocycles. The van der Waals surface area contributed by atoms with Gasteiger partial charge in [0.1, 0.15) is 11.4 Å². The molecule has 0 aromatic heterocycles. The number of ketones is 1. The summed E-state index contributed by atoms with van der Waals surface area (Å²) in [6.45, 7) is 2.13. The Labute approximate surface area is 143 Å². The Balaban J connectivity index is 1.75. The third-order valence-corrected chi connectivity index (χ3v) is 7.21. The molecule has 3 nitrogen and oxygen atoms in total. The monoisotopic (exact) mass is 324 g/mol. The molecule has 0 aliphatic heterocycles. The minimum absolute atomic E-state index is 0.200. The Hall–Kier alpha value is -1.79. The van der Waals surface area contributed by atoms with Crippen molar-refractivity contribution in [1.29, 1.82) is 0 Å². The number of carbonyl (C=O) groups excluding carboxylic acids is 1. The van der Waals surface area contributed by atoms with Crippen molar-refractivity contribution in [1.82, 2.24) is 0 Å². The Bertz CT molecular complexity index is 746. The molecule has 4 rings (SSSR count). The summed E-state index contributed by atoms with van der Waals surface area (Å²) in [5.41, 5.74) is 0.693. The van der Waals surface area contributed by atoms with E-state index in [-0.39, 0.29) is 11.2 Å². The first-order valence-electron chi connectivity index (χ1n) is 8.85. The second-order valence-corrected chi connectivity index (χ2v) is 7.96. The summed E-state index contributed by atoms with van der Waals surface area (Å²) in [6.07, 6.45) is 9.70.